The summed E-state index contributed by atoms with van der Waals surface area (Å²) in [4.78, 5) is 2.41. The Balaban J connectivity index is 1.08. The predicted octanol–water partition coefficient (Wildman–Crippen LogP) is 14.7. The van der Waals surface area contributed by atoms with Crippen molar-refractivity contribution in [3.63, 3.8) is 0 Å². The molecule has 2 nitrogen and oxygen atoms in total. The molecule has 0 saturated carbocycles. The predicted molar refractivity (Wildman–Crippen MR) is 232 cm³/mol. The molecule has 0 fully saturated rings. The summed E-state index contributed by atoms with van der Waals surface area (Å²) in [5, 5.41) is 4.73. The molecule has 2 heteroatoms. The highest BCUT2D eigenvalue weighted by atomic mass is 16.3. The molecule has 1 aliphatic carbocycles. The topological polar surface area (TPSA) is 16.4 Å². The number of rotatable bonds is 7. The number of benzene rings is 8. The van der Waals surface area contributed by atoms with Crippen molar-refractivity contribution in [1.82, 2.24) is 0 Å². The summed E-state index contributed by atoms with van der Waals surface area (Å²) in [5.41, 5.74) is 13.6. The first-order chi connectivity index (χ1) is 27.1. The number of hydrogen-bond acceptors (Lipinski definition) is 2. The Bertz CT molecular complexity index is 2880. The van der Waals surface area contributed by atoms with Crippen LogP contribution < -0.4 is 4.90 Å². The first-order valence-corrected chi connectivity index (χ1v) is 19.1. The Kier molecular flexibility index (Phi) is 8.03. The zero-order chi connectivity index (χ0) is 36.8. The molecule has 10 rings (SSSR count). The van der Waals surface area contributed by atoms with Gasteiger partial charge in [-0.2, -0.15) is 0 Å². The Morgan fingerprint density at radius 1 is 0.491 bits per heavy atom. The van der Waals surface area contributed by atoms with Gasteiger partial charge in [-0.15, -0.1) is 0 Å². The highest BCUT2D eigenvalue weighted by molar-refractivity contribution is 6.19. The first-order valence-electron chi connectivity index (χ1n) is 19.1. The molecule has 55 heavy (non-hydrogen) atoms. The van der Waals surface area contributed by atoms with Crippen molar-refractivity contribution in [1.29, 1.82) is 0 Å². The van der Waals surface area contributed by atoms with Crippen LogP contribution in [-0.4, -0.2) is 0 Å². The quantitative estimate of drug-likeness (QED) is 0.164. The Morgan fingerprint density at radius 2 is 1.13 bits per heavy atom. The lowest BCUT2D eigenvalue weighted by Gasteiger charge is -2.33. The van der Waals surface area contributed by atoms with E-state index >= 15 is 0 Å². The number of anilines is 2. The molecule has 0 amide bonds. The summed E-state index contributed by atoms with van der Waals surface area (Å²) in [5.74, 6) is 0. The van der Waals surface area contributed by atoms with Crippen LogP contribution in [0.25, 0.3) is 66.1 Å². The fraction of sp³-hybridized carbons (Fsp3) is 0.0566. The van der Waals surface area contributed by atoms with Crippen LogP contribution in [0.15, 0.2) is 216 Å². The van der Waals surface area contributed by atoms with Gasteiger partial charge in [-0.3, -0.25) is 0 Å². The van der Waals surface area contributed by atoms with E-state index in [9.17, 15) is 0 Å². The summed E-state index contributed by atoms with van der Waals surface area (Å²) in [6, 6.07) is 67.6. The van der Waals surface area contributed by atoms with Crippen molar-refractivity contribution in [2.45, 2.75) is 18.8 Å². The van der Waals surface area contributed by atoms with E-state index in [4.69, 9.17) is 4.42 Å². The van der Waals surface area contributed by atoms with Gasteiger partial charge in [0.2, 0.25) is 0 Å². The number of para-hydroxylation sites is 1. The third-order valence-electron chi connectivity index (χ3n) is 11.3. The molecule has 0 bridgehead atoms. The van der Waals surface area contributed by atoms with Crippen LogP contribution in [0.2, 0.25) is 0 Å². The van der Waals surface area contributed by atoms with Crippen molar-refractivity contribution < 1.29 is 4.42 Å². The van der Waals surface area contributed by atoms with Gasteiger partial charge < -0.3 is 9.32 Å². The lowest BCUT2D eigenvalue weighted by atomic mass is 9.77. The van der Waals surface area contributed by atoms with Gasteiger partial charge in [-0.05, 0) is 105 Å². The Morgan fingerprint density at radius 3 is 1.85 bits per heavy atom. The van der Waals surface area contributed by atoms with E-state index in [0.717, 1.165) is 40.0 Å². The average Bonchev–Trinajstić information content (AvgIpc) is 3.65. The standard InChI is InChI=1S/C53H39NO/c1-53(42-17-9-4-10-18-42)33-31-44(32-34-53)54(45-28-29-46(38-13-5-2-6-14-38)48(36-45)39-15-7-3-8-16-39)43-26-23-37(24-27-43)41-22-21-40-25-30-51-52(49(40)35-41)47-19-11-12-20-50(47)55-51/h2-33,35-36H,34H2,1H3. The molecule has 1 aliphatic rings. The highest BCUT2D eigenvalue weighted by Crippen LogP contribution is 2.43. The van der Waals surface area contributed by atoms with Gasteiger partial charge in [0, 0.05) is 33.3 Å². The maximum Gasteiger partial charge on any atom is 0.136 e. The lowest BCUT2D eigenvalue weighted by Crippen LogP contribution is -2.24. The molecule has 0 spiro atoms. The molecule has 0 aliphatic heterocycles. The summed E-state index contributed by atoms with van der Waals surface area (Å²) in [7, 11) is 0. The van der Waals surface area contributed by atoms with Crippen molar-refractivity contribution >= 4 is 44.1 Å². The van der Waals surface area contributed by atoms with Crippen LogP contribution in [0, 0.1) is 0 Å². The van der Waals surface area contributed by atoms with E-state index in [1.807, 2.05) is 12.1 Å². The zero-order valence-corrected chi connectivity index (χ0v) is 30.7. The maximum absolute atomic E-state index is 6.24. The second-order valence-corrected chi connectivity index (χ2v) is 14.8. The van der Waals surface area contributed by atoms with Crippen LogP contribution in [0.5, 0.6) is 0 Å². The fourth-order valence-electron chi connectivity index (χ4n) is 8.29. The van der Waals surface area contributed by atoms with Crippen LogP contribution >= 0.6 is 0 Å². The van der Waals surface area contributed by atoms with Gasteiger partial charge in [0.05, 0.1) is 0 Å². The number of allylic oxidation sites excluding steroid dienone is 3. The molecule has 1 unspecified atom stereocenters. The van der Waals surface area contributed by atoms with Gasteiger partial charge in [0.1, 0.15) is 11.2 Å². The molecular formula is C53H39NO. The van der Waals surface area contributed by atoms with E-state index in [0.29, 0.717) is 0 Å². The third-order valence-corrected chi connectivity index (χ3v) is 11.3. The van der Waals surface area contributed by atoms with Crippen molar-refractivity contribution in [2.75, 3.05) is 4.90 Å². The maximum atomic E-state index is 6.24. The van der Waals surface area contributed by atoms with Gasteiger partial charge in [0.15, 0.2) is 0 Å². The third kappa shape index (κ3) is 5.93. The smallest absolute Gasteiger partial charge is 0.136 e. The zero-order valence-electron chi connectivity index (χ0n) is 30.7. The van der Waals surface area contributed by atoms with Crippen LogP contribution in [-0.2, 0) is 5.41 Å². The van der Waals surface area contributed by atoms with Crippen LogP contribution in [0.3, 0.4) is 0 Å². The largest absolute Gasteiger partial charge is 0.456 e. The first kappa shape index (κ1) is 32.7. The monoisotopic (exact) mass is 705 g/mol. The molecule has 1 aromatic heterocycles. The second kappa shape index (κ2) is 13.5. The van der Waals surface area contributed by atoms with E-state index in [2.05, 4.69) is 206 Å². The fourth-order valence-corrected chi connectivity index (χ4v) is 8.29. The van der Waals surface area contributed by atoms with E-state index < -0.39 is 0 Å². The van der Waals surface area contributed by atoms with Crippen molar-refractivity contribution in [3.05, 3.63) is 218 Å². The molecule has 0 saturated heterocycles. The number of nitrogens with zero attached hydrogens (tertiary/aromatic N) is 1. The number of hydrogen-bond donors (Lipinski definition) is 0. The molecule has 1 atom stereocenters. The summed E-state index contributed by atoms with van der Waals surface area (Å²) in [6.45, 7) is 2.33. The molecule has 262 valence electrons. The van der Waals surface area contributed by atoms with Crippen molar-refractivity contribution in [3.8, 4) is 33.4 Å². The van der Waals surface area contributed by atoms with E-state index in [1.165, 1.54) is 55.1 Å². The molecule has 0 radical (unpaired) electrons. The second-order valence-electron chi connectivity index (χ2n) is 14.8. The molecule has 0 N–H and O–H groups in total. The normalized spacial score (nSPS) is 15.4. The Labute approximate surface area is 321 Å². The van der Waals surface area contributed by atoms with Crippen LogP contribution in [0.4, 0.5) is 11.4 Å². The van der Waals surface area contributed by atoms with Crippen LogP contribution in [0.1, 0.15) is 18.9 Å². The van der Waals surface area contributed by atoms with E-state index in [-0.39, 0.29) is 5.41 Å². The summed E-state index contributed by atoms with van der Waals surface area (Å²) < 4.78 is 6.24. The molecule has 1 heterocycles. The van der Waals surface area contributed by atoms with Crippen molar-refractivity contribution in [2.24, 2.45) is 0 Å². The lowest BCUT2D eigenvalue weighted by molar-refractivity contribution is 0.595. The number of furan rings is 1. The molecule has 8 aromatic carbocycles. The minimum Gasteiger partial charge on any atom is -0.456 e. The minimum atomic E-state index is -0.0749. The molecular weight excluding hydrogens is 667 g/mol. The van der Waals surface area contributed by atoms with Gasteiger partial charge in [-0.25, -0.2) is 0 Å². The van der Waals surface area contributed by atoms with Gasteiger partial charge in [-0.1, -0.05) is 165 Å². The molecule has 9 aromatic rings. The minimum absolute atomic E-state index is 0.0749. The highest BCUT2D eigenvalue weighted by Gasteiger charge is 2.27. The number of fused-ring (bicyclic) bond motifs is 5. The SMILES string of the molecule is CC1(c2ccccc2)C=CC(N(c2ccc(-c3ccc4ccc5oc6ccccc6c5c4c3)cc2)c2ccc(-c3ccccc3)c(-c3ccccc3)c2)=CC1. The Hall–Kier alpha value is -6.90. The van der Waals surface area contributed by atoms with Gasteiger partial charge >= 0.3 is 0 Å². The summed E-state index contributed by atoms with van der Waals surface area (Å²) in [6.07, 6.45) is 7.99. The summed E-state index contributed by atoms with van der Waals surface area (Å²) >= 11 is 0. The van der Waals surface area contributed by atoms with Gasteiger partial charge in [0.25, 0.3) is 0 Å². The van der Waals surface area contributed by atoms with E-state index in [1.54, 1.807) is 0 Å². The average molecular weight is 706 g/mol.